The molecule has 3 rings (SSSR count). The Labute approximate surface area is 180 Å². The first-order valence-corrected chi connectivity index (χ1v) is 10.2. The smallest absolute Gasteiger partial charge is 0.193 e. The number of rotatable bonds is 6. The molecule has 2 N–H and O–H groups in total. The van der Waals surface area contributed by atoms with Crippen molar-refractivity contribution in [2.75, 3.05) is 32.8 Å². The van der Waals surface area contributed by atoms with Crippen LogP contribution in [0.3, 0.4) is 0 Å². The van der Waals surface area contributed by atoms with Crippen LogP contribution in [0.1, 0.15) is 56.3 Å². The lowest BCUT2D eigenvalue weighted by atomic mass is 9.89. The fourth-order valence-corrected chi connectivity index (χ4v) is 3.86. The van der Waals surface area contributed by atoms with Crippen molar-refractivity contribution in [1.29, 1.82) is 0 Å². The van der Waals surface area contributed by atoms with Crippen molar-refractivity contribution in [2.45, 2.75) is 57.7 Å². The summed E-state index contributed by atoms with van der Waals surface area (Å²) in [6, 6.07) is 8.68. The summed E-state index contributed by atoms with van der Waals surface area (Å²) in [5.41, 5.74) is 2.82. The van der Waals surface area contributed by atoms with Crippen LogP contribution < -0.4 is 5.32 Å². The molecule has 1 aromatic rings. The van der Waals surface area contributed by atoms with Crippen LogP contribution in [0.25, 0.3) is 0 Å². The molecule has 1 heterocycles. The van der Waals surface area contributed by atoms with Crippen LogP contribution >= 0.6 is 24.0 Å². The van der Waals surface area contributed by atoms with Crippen molar-refractivity contribution in [3.8, 4) is 0 Å². The molecule has 1 unspecified atom stereocenters. The van der Waals surface area contributed by atoms with Crippen LogP contribution in [0.5, 0.6) is 0 Å². The second kappa shape index (κ2) is 11.9. The van der Waals surface area contributed by atoms with E-state index >= 15 is 0 Å². The molecule has 152 valence electrons. The molecule has 1 atom stereocenters. The lowest BCUT2D eigenvalue weighted by Crippen LogP contribution is -2.46. The molecule has 1 aromatic carbocycles. The number of aryl methyl sites for hydroxylation is 1. The summed E-state index contributed by atoms with van der Waals surface area (Å²) in [6.07, 6.45) is 6.20. The number of aliphatic hydroxyl groups excluding tert-OH is 1. The van der Waals surface area contributed by atoms with Gasteiger partial charge in [-0.1, -0.05) is 24.3 Å². The molecule has 0 aromatic heterocycles. The highest BCUT2D eigenvalue weighted by molar-refractivity contribution is 14.0. The number of fused-ring (bicyclic) bond motifs is 1. The predicted octanol–water partition coefficient (Wildman–Crippen LogP) is 3.51. The highest BCUT2D eigenvalue weighted by atomic mass is 127. The van der Waals surface area contributed by atoms with Gasteiger partial charge in [0.2, 0.25) is 0 Å². The number of aliphatic hydroxyl groups is 1. The van der Waals surface area contributed by atoms with Crippen molar-refractivity contribution in [3.05, 3.63) is 35.4 Å². The maximum atomic E-state index is 9.67. The van der Waals surface area contributed by atoms with Crippen molar-refractivity contribution in [3.63, 3.8) is 0 Å². The van der Waals surface area contributed by atoms with Crippen molar-refractivity contribution in [1.82, 2.24) is 10.2 Å². The summed E-state index contributed by atoms with van der Waals surface area (Å²) in [5.74, 6) is 0.974. The van der Waals surface area contributed by atoms with E-state index in [1.165, 1.54) is 24.0 Å². The van der Waals surface area contributed by atoms with Crippen LogP contribution in [0.15, 0.2) is 29.3 Å². The third kappa shape index (κ3) is 6.61. The minimum Gasteiger partial charge on any atom is -0.393 e. The number of hydrogen-bond donors (Lipinski definition) is 2. The molecule has 1 aliphatic carbocycles. The standard InChI is InChI=1S/C21H33N3O2.HI/c1-2-22-21(24-14-11-18(25)12-15-24)23-13-6-16-26-20-10-5-8-17-7-3-4-9-19(17)20;/h3-4,7,9,18,20,25H,2,5-6,8,10-16H2,1H3,(H,22,23);1H. The Bertz CT molecular complexity index is 589. The van der Waals surface area contributed by atoms with Gasteiger partial charge in [0.1, 0.15) is 0 Å². The highest BCUT2D eigenvalue weighted by Gasteiger charge is 2.21. The van der Waals surface area contributed by atoms with Crippen LogP contribution in [0, 0.1) is 0 Å². The number of hydrogen-bond acceptors (Lipinski definition) is 3. The van der Waals surface area contributed by atoms with E-state index in [0.29, 0.717) is 0 Å². The number of halogens is 1. The molecule has 1 aliphatic heterocycles. The number of aliphatic imine (C=N–C) groups is 1. The molecule has 5 nitrogen and oxygen atoms in total. The molecular weight excluding hydrogens is 453 g/mol. The van der Waals surface area contributed by atoms with E-state index in [-0.39, 0.29) is 36.2 Å². The van der Waals surface area contributed by atoms with Crippen molar-refractivity contribution in [2.24, 2.45) is 4.99 Å². The number of nitrogens with one attached hydrogen (secondary N) is 1. The fraction of sp³-hybridized carbons (Fsp3) is 0.667. The fourth-order valence-electron chi connectivity index (χ4n) is 3.86. The Kier molecular flexibility index (Phi) is 9.86. The lowest BCUT2D eigenvalue weighted by Gasteiger charge is -2.32. The van der Waals surface area contributed by atoms with Gasteiger partial charge in [-0.3, -0.25) is 4.99 Å². The SMILES string of the molecule is CCNC(=NCCCOC1CCCc2ccccc21)N1CCC(O)CC1.I. The van der Waals surface area contributed by atoms with Gasteiger partial charge in [0.15, 0.2) is 5.96 Å². The number of piperidine rings is 1. The van der Waals surface area contributed by atoms with E-state index in [1.807, 2.05) is 0 Å². The molecule has 6 heteroatoms. The monoisotopic (exact) mass is 487 g/mol. The minimum absolute atomic E-state index is 0. The minimum atomic E-state index is -0.152. The average molecular weight is 487 g/mol. The number of nitrogens with zero attached hydrogens (tertiary/aromatic N) is 2. The van der Waals surface area contributed by atoms with Crippen molar-refractivity contribution < 1.29 is 9.84 Å². The summed E-state index contributed by atoms with van der Waals surface area (Å²) in [6.45, 7) is 6.24. The topological polar surface area (TPSA) is 57.1 Å². The second-order valence-corrected chi connectivity index (χ2v) is 7.26. The van der Waals surface area contributed by atoms with E-state index in [2.05, 4.69) is 41.4 Å². The summed E-state index contributed by atoms with van der Waals surface area (Å²) < 4.78 is 6.17. The largest absolute Gasteiger partial charge is 0.393 e. The molecule has 0 amide bonds. The quantitative estimate of drug-likeness (QED) is 0.279. The maximum Gasteiger partial charge on any atom is 0.193 e. The molecular formula is C21H34IN3O2. The Morgan fingerprint density at radius 2 is 2.04 bits per heavy atom. The second-order valence-electron chi connectivity index (χ2n) is 7.26. The normalized spacial score (nSPS) is 20.7. The van der Waals surface area contributed by atoms with E-state index < -0.39 is 0 Å². The van der Waals surface area contributed by atoms with Gasteiger partial charge in [-0.15, -0.1) is 24.0 Å². The van der Waals surface area contributed by atoms with Crippen molar-refractivity contribution >= 4 is 29.9 Å². The van der Waals surface area contributed by atoms with Gasteiger partial charge in [-0.25, -0.2) is 0 Å². The maximum absolute atomic E-state index is 9.67. The van der Waals surface area contributed by atoms with Gasteiger partial charge in [-0.2, -0.15) is 0 Å². The van der Waals surface area contributed by atoms with Crippen LogP contribution in [-0.2, 0) is 11.2 Å². The molecule has 27 heavy (non-hydrogen) atoms. The summed E-state index contributed by atoms with van der Waals surface area (Å²) in [4.78, 5) is 7.02. The first-order chi connectivity index (χ1) is 12.8. The van der Waals surface area contributed by atoms with Gasteiger partial charge >= 0.3 is 0 Å². The summed E-state index contributed by atoms with van der Waals surface area (Å²) in [7, 11) is 0. The van der Waals surface area contributed by atoms with Gasteiger partial charge < -0.3 is 20.1 Å². The first kappa shape index (κ1) is 22.4. The number of guanidine groups is 1. The number of ether oxygens (including phenoxy) is 1. The zero-order valence-corrected chi connectivity index (χ0v) is 18.7. The zero-order valence-electron chi connectivity index (χ0n) is 16.4. The first-order valence-electron chi connectivity index (χ1n) is 10.2. The Balaban J connectivity index is 0.00000261. The van der Waals surface area contributed by atoms with Crippen LogP contribution in [0.4, 0.5) is 0 Å². The predicted molar refractivity (Wildman–Crippen MR) is 121 cm³/mol. The summed E-state index contributed by atoms with van der Waals surface area (Å²) >= 11 is 0. The highest BCUT2D eigenvalue weighted by Crippen LogP contribution is 2.32. The third-order valence-electron chi connectivity index (χ3n) is 5.30. The Hall–Kier alpha value is -0.860. The molecule has 0 saturated carbocycles. The third-order valence-corrected chi connectivity index (χ3v) is 5.30. The van der Waals surface area contributed by atoms with E-state index in [4.69, 9.17) is 9.73 Å². The zero-order chi connectivity index (χ0) is 18.2. The molecule has 0 spiro atoms. The van der Waals surface area contributed by atoms with Gasteiger partial charge in [0.05, 0.1) is 12.2 Å². The van der Waals surface area contributed by atoms with Crippen LogP contribution in [-0.4, -0.2) is 54.9 Å². The van der Waals surface area contributed by atoms with E-state index in [9.17, 15) is 5.11 Å². The van der Waals surface area contributed by atoms with Gasteiger partial charge in [0, 0.05) is 32.8 Å². The summed E-state index contributed by atoms with van der Waals surface area (Å²) in [5, 5.41) is 13.0. The van der Waals surface area contributed by atoms with Gasteiger partial charge in [-0.05, 0) is 56.6 Å². The van der Waals surface area contributed by atoms with Crippen LogP contribution in [0.2, 0.25) is 0 Å². The number of likely N-dealkylation sites (tertiary alicyclic amines) is 1. The Morgan fingerprint density at radius 3 is 2.81 bits per heavy atom. The number of benzene rings is 1. The molecule has 0 radical (unpaired) electrons. The van der Waals surface area contributed by atoms with Gasteiger partial charge in [0.25, 0.3) is 0 Å². The lowest BCUT2D eigenvalue weighted by molar-refractivity contribution is 0.0402. The molecule has 0 bridgehead atoms. The average Bonchev–Trinajstić information content (AvgIpc) is 2.68. The molecule has 1 saturated heterocycles. The van der Waals surface area contributed by atoms with E-state index in [1.54, 1.807) is 0 Å². The molecule has 1 fully saturated rings. The Morgan fingerprint density at radius 1 is 1.26 bits per heavy atom. The van der Waals surface area contributed by atoms with E-state index in [0.717, 1.165) is 64.4 Å². The molecule has 2 aliphatic rings.